The van der Waals surface area contributed by atoms with Crippen molar-refractivity contribution in [2.45, 2.75) is 43.9 Å². The summed E-state index contributed by atoms with van der Waals surface area (Å²) >= 11 is 3.57. The van der Waals surface area contributed by atoms with Crippen molar-refractivity contribution in [3.05, 3.63) is 27.3 Å². The minimum atomic E-state index is -3.99. The molecule has 0 aromatic carbocycles. The van der Waals surface area contributed by atoms with Gasteiger partial charge in [-0.2, -0.15) is 8.75 Å². The molecule has 5 N–H and O–H groups in total. The maximum absolute atomic E-state index is 11.5. The highest BCUT2D eigenvalue weighted by molar-refractivity contribution is 7.91. The largest absolute Gasteiger partial charge is 0.504 e. The van der Waals surface area contributed by atoms with Crippen LogP contribution < -0.4 is 15.8 Å². The molecule has 0 unspecified atom stereocenters. The van der Waals surface area contributed by atoms with Crippen molar-refractivity contribution in [3.8, 4) is 5.75 Å². The van der Waals surface area contributed by atoms with Gasteiger partial charge in [-0.1, -0.05) is 27.7 Å². The lowest BCUT2D eigenvalue weighted by molar-refractivity contribution is 0.466. The maximum atomic E-state index is 11.5. The Balaban J connectivity index is 1.84. The maximum Gasteiger partial charge on any atom is 0.251 e. The zero-order valence-corrected chi connectivity index (χ0v) is 19.6. The molecule has 0 bridgehead atoms. The molecule has 3 heterocycles. The van der Waals surface area contributed by atoms with Gasteiger partial charge in [-0.05, 0) is 28.8 Å². The summed E-state index contributed by atoms with van der Waals surface area (Å²) in [5.74, 6) is 1.29. The molecule has 158 valence electrons. The number of nitrogens with one attached hydrogen (secondary N) is 2. The van der Waals surface area contributed by atoms with Crippen LogP contribution in [0.1, 0.15) is 50.1 Å². The van der Waals surface area contributed by atoms with Crippen molar-refractivity contribution in [1.29, 1.82) is 0 Å². The third-order valence-corrected chi connectivity index (χ3v) is 8.32. The number of nitrogens with zero attached hydrogens (tertiary/aromatic N) is 2. The van der Waals surface area contributed by atoms with E-state index in [2.05, 4.69) is 58.5 Å². The average Bonchev–Trinajstić information content (AvgIpc) is 3.33. The summed E-state index contributed by atoms with van der Waals surface area (Å²) in [4.78, 5) is 1.21. The van der Waals surface area contributed by atoms with Gasteiger partial charge in [0, 0.05) is 10.3 Å². The van der Waals surface area contributed by atoms with Crippen LogP contribution in [0.3, 0.4) is 0 Å². The van der Waals surface area contributed by atoms with Gasteiger partial charge in [0.15, 0.2) is 21.6 Å². The molecule has 0 aliphatic heterocycles. The molecule has 0 saturated carbocycles. The van der Waals surface area contributed by atoms with E-state index in [0.29, 0.717) is 23.5 Å². The molecule has 0 aliphatic carbocycles. The highest BCUT2D eigenvalue weighted by Crippen LogP contribution is 2.40. The standard InChI is InChI=1S/C17H23N5O3S4/c1-8(2)10-5-12(26-6-10)13(9(3)4)20-16-15(21-28-22-16)19-11-7-27-17(14(11)23)29(18,24)25/h5-9,13,23H,1-4H3,(H,19,21)(H,20,22)(H2,18,24,25)/t13-/m1/s1. The number of thiophene rings is 2. The zero-order chi connectivity index (χ0) is 21.3. The summed E-state index contributed by atoms with van der Waals surface area (Å²) in [7, 11) is -3.99. The minimum absolute atomic E-state index is 0.0352. The molecule has 3 aromatic heterocycles. The predicted octanol–water partition coefficient (Wildman–Crippen LogP) is 4.69. The Labute approximate surface area is 182 Å². The SMILES string of the molecule is CC(C)c1csc([C@H](Nc2nsnc2Nc2csc(S(N)(=O)=O)c2O)C(C)C)c1. The number of nitrogens with two attached hydrogens (primary N) is 1. The summed E-state index contributed by atoms with van der Waals surface area (Å²) in [6, 6.07) is 2.25. The summed E-state index contributed by atoms with van der Waals surface area (Å²) in [6.45, 7) is 8.59. The van der Waals surface area contributed by atoms with Gasteiger partial charge in [0.05, 0.1) is 23.5 Å². The third kappa shape index (κ3) is 4.89. The number of hydrogen-bond acceptors (Lipinski definition) is 10. The van der Waals surface area contributed by atoms with Crippen LogP contribution in [0.25, 0.3) is 0 Å². The van der Waals surface area contributed by atoms with E-state index in [1.807, 2.05) is 0 Å². The van der Waals surface area contributed by atoms with Crippen molar-refractivity contribution >= 4 is 61.7 Å². The smallest absolute Gasteiger partial charge is 0.251 e. The Morgan fingerprint density at radius 2 is 1.79 bits per heavy atom. The lowest BCUT2D eigenvalue weighted by Crippen LogP contribution is -2.16. The highest BCUT2D eigenvalue weighted by atomic mass is 32.2. The Morgan fingerprint density at radius 3 is 2.34 bits per heavy atom. The van der Waals surface area contributed by atoms with Crippen molar-refractivity contribution in [2.75, 3.05) is 10.6 Å². The first kappa shape index (κ1) is 22.0. The number of hydrogen-bond donors (Lipinski definition) is 4. The predicted molar refractivity (Wildman–Crippen MR) is 120 cm³/mol. The summed E-state index contributed by atoms with van der Waals surface area (Å²) in [6.07, 6.45) is 0. The molecule has 0 fully saturated rings. The molecule has 0 radical (unpaired) electrons. The highest BCUT2D eigenvalue weighted by Gasteiger charge is 2.24. The molecule has 1 atom stereocenters. The summed E-state index contributed by atoms with van der Waals surface area (Å²) < 4.78 is 31.3. The van der Waals surface area contributed by atoms with E-state index in [9.17, 15) is 13.5 Å². The van der Waals surface area contributed by atoms with Crippen LogP contribution in [0.2, 0.25) is 0 Å². The summed E-state index contributed by atoms with van der Waals surface area (Å²) in [5.41, 5.74) is 1.51. The van der Waals surface area contributed by atoms with Gasteiger partial charge in [0.25, 0.3) is 10.0 Å². The Hall–Kier alpha value is -1.73. The van der Waals surface area contributed by atoms with Crippen LogP contribution in [-0.2, 0) is 10.0 Å². The summed E-state index contributed by atoms with van der Waals surface area (Å²) in [5, 5.41) is 25.3. The zero-order valence-electron chi connectivity index (χ0n) is 16.3. The van der Waals surface area contributed by atoms with E-state index < -0.39 is 15.8 Å². The number of primary sulfonamides is 1. The Morgan fingerprint density at radius 1 is 1.10 bits per heavy atom. The van der Waals surface area contributed by atoms with E-state index >= 15 is 0 Å². The number of rotatable bonds is 8. The first-order chi connectivity index (χ1) is 13.6. The van der Waals surface area contributed by atoms with Crippen LogP contribution >= 0.6 is 34.4 Å². The van der Waals surface area contributed by atoms with Crippen LogP contribution in [0.15, 0.2) is 21.0 Å². The molecule has 0 aliphatic rings. The van der Waals surface area contributed by atoms with Crippen molar-refractivity contribution in [1.82, 2.24) is 8.75 Å². The van der Waals surface area contributed by atoms with E-state index in [-0.39, 0.29) is 15.9 Å². The fourth-order valence-electron chi connectivity index (χ4n) is 2.67. The second-order valence-electron chi connectivity index (χ2n) is 7.22. The van der Waals surface area contributed by atoms with E-state index in [1.54, 1.807) is 11.3 Å². The van der Waals surface area contributed by atoms with Gasteiger partial charge in [0.2, 0.25) is 0 Å². The molecule has 0 saturated heterocycles. The second-order valence-corrected chi connectivity index (χ2v) is 11.3. The van der Waals surface area contributed by atoms with E-state index in [0.717, 1.165) is 23.1 Å². The molecule has 0 amide bonds. The number of aromatic nitrogens is 2. The first-order valence-electron chi connectivity index (χ1n) is 8.85. The normalized spacial score (nSPS) is 13.2. The Bertz CT molecular complexity index is 1080. The number of sulfonamides is 1. The average molecular weight is 474 g/mol. The van der Waals surface area contributed by atoms with Crippen molar-refractivity contribution in [3.63, 3.8) is 0 Å². The van der Waals surface area contributed by atoms with Crippen LogP contribution in [-0.4, -0.2) is 22.3 Å². The quantitative estimate of drug-likeness (QED) is 0.373. The topological polar surface area (TPSA) is 130 Å². The Kier molecular flexibility index (Phi) is 6.48. The van der Waals surface area contributed by atoms with Crippen LogP contribution in [0, 0.1) is 5.92 Å². The fraction of sp³-hybridized carbons (Fsp3) is 0.412. The van der Waals surface area contributed by atoms with Gasteiger partial charge in [-0.3, -0.25) is 0 Å². The minimum Gasteiger partial charge on any atom is -0.504 e. The monoisotopic (exact) mass is 473 g/mol. The fourth-order valence-corrected chi connectivity index (χ4v) is 6.11. The van der Waals surface area contributed by atoms with E-state index in [4.69, 9.17) is 5.14 Å². The molecule has 0 spiro atoms. The first-order valence-corrected chi connectivity index (χ1v) is 12.9. The van der Waals surface area contributed by atoms with Crippen molar-refractivity contribution in [2.24, 2.45) is 11.1 Å². The van der Waals surface area contributed by atoms with E-state index in [1.165, 1.54) is 15.8 Å². The van der Waals surface area contributed by atoms with Gasteiger partial charge < -0.3 is 15.7 Å². The molecular weight excluding hydrogens is 450 g/mol. The molecule has 12 heteroatoms. The molecule has 3 rings (SSSR count). The lowest BCUT2D eigenvalue weighted by Gasteiger charge is -2.21. The molecular formula is C17H23N5O3S4. The third-order valence-electron chi connectivity index (χ3n) is 4.30. The van der Waals surface area contributed by atoms with Gasteiger partial charge in [0.1, 0.15) is 0 Å². The van der Waals surface area contributed by atoms with Crippen LogP contribution in [0.5, 0.6) is 5.75 Å². The molecule has 3 aromatic rings. The number of aromatic hydroxyl groups is 1. The van der Waals surface area contributed by atoms with Gasteiger partial charge in [-0.15, -0.1) is 22.7 Å². The second kappa shape index (κ2) is 8.56. The van der Waals surface area contributed by atoms with Gasteiger partial charge >= 0.3 is 0 Å². The molecule has 8 nitrogen and oxygen atoms in total. The van der Waals surface area contributed by atoms with Crippen molar-refractivity contribution < 1.29 is 13.5 Å². The van der Waals surface area contributed by atoms with Crippen LogP contribution in [0.4, 0.5) is 17.3 Å². The lowest BCUT2D eigenvalue weighted by atomic mass is 10.00. The number of anilines is 3. The molecule has 29 heavy (non-hydrogen) atoms. The van der Waals surface area contributed by atoms with Gasteiger partial charge in [-0.25, -0.2) is 13.6 Å².